The van der Waals surface area contributed by atoms with Gasteiger partial charge in [-0.3, -0.25) is 4.68 Å². The minimum atomic E-state index is -3.65. The maximum Gasteiger partial charge on any atom is 0.244 e. The van der Waals surface area contributed by atoms with E-state index in [0.29, 0.717) is 24.5 Å². The molecular formula is C13H26N4O3S. The van der Waals surface area contributed by atoms with Crippen molar-refractivity contribution in [3.63, 3.8) is 0 Å². The van der Waals surface area contributed by atoms with E-state index in [1.807, 2.05) is 0 Å². The average Bonchev–Trinajstić information content (AvgIpc) is 2.60. The summed E-state index contributed by atoms with van der Waals surface area (Å²) in [6, 6.07) is 0. The average molecular weight is 318 g/mol. The summed E-state index contributed by atoms with van der Waals surface area (Å²) in [4.78, 5) is 0.240. The van der Waals surface area contributed by atoms with Gasteiger partial charge in [0, 0.05) is 13.7 Å². The van der Waals surface area contributed by atoms with E-state index in [1.54, 1.807) is 32.4 Å². The Balaban J connectivity index is 3.11. The molecule has 0 unspecified atom stereocenters. The second-order valence-electron chi connectivity index (χ2n) is 5.79. The van der Waals surface area contributed by atoms with E-state index in [4.69, 9.17) is 10.5 Å². The summed E-state index contributed by atoms with van der Waals surface area (Å²) in [5, 5.41) is 4.30. The highest BCUT2D eigenvalue weighted by Crippen LogP contribution is 2.21. The van der Waals surface area contributed by atoms with Crippen LogP contribution in [-0.2, 0) is 21.3 Å². The van der Waals surface area contributed by atoms with E-state index in [2.05, 4.69) is 9.82 Å². The number of nitrogens with one attached hydrogen (secondary N) is 1. The highest BCUT2D eigenvalue weighted by atomic mass is 32.2. The van der Waals surface area contributed by atoms with E-state index in [-0.39, 0.29) is 11.5 Å². The summed E-state index contributed by atoms with van der Waals surface area (Å²) in [6.07, 6.45) is 0.754. The van der Waals surface area contributed by atoms with Crippen LogP contribution < -0.4 is 10.5 Å². The molecule has 0 aromatic carbocycles. The molecule has 0 aliphatic carbocycles. The molecule has 3 N–H and O–H groups in total. The molecule has 0 saturated carbocycles. The SMILES string of the molecule is COCC(C)(C)NS(=O)(=O)c1c(C)nn(CCCN)c1C. The lowest BCUT2D eigenvalue weighted by atomic mass is 10.1. The predicted octanol–water partition coefficient (Wildman–Crippen LogP) is 0.552. The van der Waals surface area contributed by atoms with Crippen molar-refractivity contribution in [1.29, 1.82) is 0 Å². The van der Waals surface area contributed by atoms with Crippen LogP contribution in [0, 0.1) is 13.8 Å². The minimum absolute atomic E-state index is 0.240. The number of rotatable bonds is 8. The van der Waals surface area contributed by atoms with Crippen LogP contribution in [0.5, 0.6) is 0 Å². The van der Waals surface area contributed by atoms with Gasteiger partial charge < -0.3 is 10.5 Å². The molecule has 0 radical (unpaired) electrons. The van der Waals surface area contributed by atoms with Gasteiger partial charge in [0.05, 0.1) is 23.5 Å². The van der Waals surface area contributed by atoms with Gasteiger partial charge in [-0.15, -0.1) is 0 Å². The first kappa shape index (κ1) is 18.1. The van der Waals surface area contributed by atoms with E-state index < -0.39 is 15.6 Å². The molecule has 0 amide bonds. The fourth-order valence-electron chi connectivity index (χ4n) is 2.33. The first-order valence-corrected chi connectivity index (χ1v) is 8.40. The minimum Gasteiger partial charge on any atom is -0.383 e. The number of nitrogens with zero attached hydrogens (tertiary/aromatic N) is 2. The maximum absolute atomic E-state index is 12.6. The quantitative estimate of drug-likeness (QED) is 0.729. The van der Waals surface area contributed by atoms with Gasteiger partial charge in [-0.25, -0.2) is 13.1 Å². The fraction of sp³-hybridized carbons (Fsp3) is 0.769. The Bertz CT molecular complexity index is 578. The summed E-state index contributed by atoms with van der Waals surface area (Å²) >= 11 is 0. The first-order chi connectivity index (χ1) is 9.64. The van der Waals surface area contributed by atoms with Gasteiger partial charge in [-0.05, 0) is 40.7 Å². The Morgan fingerprint density at radius 1 is 1.38 bits per heavy atom. The van der Waals surface area contributed by atoms with Gasteiger partial charge in [-0.2, -0.15) is 5.10 Å². The van der Waals surface area contributed by atoms with Gasteiger partial charge in [0.2, 0.25) is 10.0 Å². The lowest BCUT2D eigenvalue weighted by molar-refractivity contribution is 0.141. The second kappa shape index (κ2) is 6.87. The molecule has 0 spiro atoms. The molecule has 1 rings (SSSR count). The summed E-state index contributed by atoms with van der Waals surface area (Å²) in [5.41, 5.74) is 5.92. The topological polar surface area (TPSA) is 99.2 Å². The van der Waals surface area contributed by atoms with Crippen LogP contribution in [0.2, 0.25) is 0 Å². The van der Waals surface area contributed by atoms with E-state index in [9.17, 15) is 8.42 Å². The van der Waals surface area contributed by atoms with Crippen LogP contribution >= 0.6 is 0 Å². The summed E-state index contributed by atoms with van der Waals surface area (Å²) in [7, 11) is -2.11. The van der Waals surface area contributed by atoms with Crippen molar-refractivity contribution in [2.75, 3.05) is 20.3 Å². The van der Waals surface area contributed by atoms with Crippen molar-refractivity contribution in [3.8, 4) is 0 Å². The highest BCUT2D eigenvalue weighted by molar-refractivity contribution is 7.89. The van der Waals surface area contributed by atoms with Gasteiger partial charge in [-0.1, -0.05) is 0 Å². The largest absolute Gasteiger partial charge is 0.383 e. The number of ether oxygens (including phenoxy) is 1. The predicted molar refractivity (Wildman–Crippen MR) is 81.6 cm³/mol. The van der Waals surface area contributed by atoms with Crippen molar-refractivity contribution in [2.45, 2.75) is 51.1 Å². The summed E-state index contributed by atoms with van der Waals surface area (Å²) in [6.45, 7) is 8.44. The zero-order valence-electron chi connectivity index (χ0n) is 13.4. The molecule has 1 heterocycles. The third kappa shape index (κ3) is 4.50. The third-order valence-corrected chi connectivity index (χ3v) is 5.02. The van der Waals surface area contributed by atoms with Crippen LogP contribution in [-0.4, -0.2) is 44.0 Å². The molecule has 0 aliphatic rings. The first-order valence-electron chi connectivity index (χ1n) is 6.91. The Kier molecular flexibility index (Phi) is 5.92. The number of aromatic nitrogens is 2. The zero-order chi connectivity index (χ0) is 16.3. The Morgan fingerprint density at radius 2 is 2.00 bits per heavy atom. The lowest BCUT2D eigenvalue weighted by Gasteiger charge is -2.25. The Hall–Kier alpha value is -0.960. The van der Waals surface area contributed by atoms with E-state index in [0.717, 1.165) is 6.42 Å². The lowest BCUT2D eigenvalue weighted by Crippen LogP contribution is -2.46. The zero-order valence-corrected chi connectivity index (χ0v) is 14.2. The molecule has 0 saturated heterocycles. The van der Waals surface area contributed by atoms with Crippen LogP contribution in [0.3, 0.4) is 0 Å². The molecule has 0 aliphatic heterocycles. The number of sulfonamides is 1. The molecule has 0 atom stereocenters. The van der Waals surface area contributed by atoms with Crippen molar-refractivity contribution in [1.82, 2.24) is 14.5 Å². The third-order valence-electron chi connectivity index (χ3n) is 3.07. The van der Waals surface area contributed by atoms with Crippen LogP contribution in [0.25, 0.3) is 0 Å². The normalized spacial score (nSPS) is 12.9. The van der Waals surface area contributed by atoms with Crippen molar-refractivity contribution in [2.24, 2.45) is 5.73 Å². The van der Waals surface area contributed by atoms with Crippen molar-refractivity contribution in [3.05, 3.63) is 11.4 Å². The molecule has 0 bridgehead atoms. The van der Waals surface area contributed by atoms with E-state index in [1.165, 1.54) is 7.11 Å². The molecule has 1 aromatic rings. The number of aryl methyl sites for hydroxylation is 2. The molecule has 21 heavy (non-hydrogen) atoms. The number of hydrogen-bond donors (Lipinski definition) is 2. The molecule has 8 heteroatoms. The van der Waals surface area contributed by atoms with Gasteiger partial charge >= 0.3 is 0 Å². The second-order valence-corrected chi connectivity index (χ2v) is 7.41. The monoisotopic (exact) mass is 318 g/mol. The van der Waals surface area contributed by atoms with Crippen LogP contribution in [0.1, 0.15) is 31.7 Å². The van der Waals surface area contributed by atoms with E-state index >= 15 is 0 Å². The van der Waals surface area contributed by atoms with Gasteiger partial charge in [0.1, 0.15) is 4.90 Å². The molecule has 1 aromatic heterocycles. The molecule has 7 nitrogen and oxygen atoms in total. The Labute approximate surface area is 126 Å². The van der Waals surface area contributed by atoms with Crippen LogP contribution in [0.15, 0.2) is 4.90 Å². The van der Waals surface area contributed by atoms with Gasteiger partial charge in [0.25, 0.3) is 0 Å². The highest BCUT2D eigenvalue weighted by Gasteiger charge is 2.30. The Morgan fingerprint density at radius 3 is 2.52 bits per heavy atom. The smallest absolute Gasteiger partial charge is 0.244 e. The molecule has 122 valence electrons. The number of hydrogen-bond acceptors (Lipinski definition) is 5. The maximum atomic E-state index is 12.6. The molecular weight excluding hydrogens is 292 g/mol. The van der Waals surface area contributed by atoms with Crippen molar-refractivity contribution >= 4 is 10.0 Å². The van der Waals surface area contributed by atoms with Crippen molar-refractivity contribution < 1.29 is 13.2 Å². The fourth-order valence-corrected chi connectivity index (χ4v) is 4.15. The van der Waals surface area contributed by atoms with Crippen LogP contribution in [0.4, 0.5) is 0 Å². The summed E-state index contributed by atoms with van der Waals surface area (Å²) in [5.74, 6) is 0. The van der Waals surface area contributed by atoms with Gasteiger partial charge in [0.15, 0.2) is 0 Å². The summed E-state index contributed by atoms with van der Waals surface area (Å²) < 4.78 is 34.6. The number of nitrogens with two attached hydrogens (primary N) is 1. The number of methoxy groups -OCH3 is 1. The molecule has 0 fully saturated rings. The standard InChI is InChI=1S/C13H26N4O3S/c1-10-12(11(2)17(15-10)8-6-7-14)21(18,19)16-13(3,4)9-20-5/h16H,6-9,14H2,1-5H3.